The van der Waals surface area contributed by atoms with Gasteiger partial charge in [-0.05, 0) is 17.7 Å². The Morgan fingerprint density at radius 1 is 1.17 bits per heavy atom. The fraction of sp³-hybridized carbons (Fsp3) is 0.0769. The Bertz CT molecular complexity index is 666. The van der Waals surface area contributed by atoms with Gasteiger partial charge in [0.25, 0.3) is 0 Å². The zero-order valence-electron chi connectivity index (χ0n) is 9.43. The van der Waals surface area contributed by atoms with Gasteiger partial charge < -0.3 is 9.73 Å². The maximum Gasteiger partial charge on any atom is 0.199 e. The first-order valence-corrected chi connectivity index (χ1v) is 5.87. The Morgan fingerprint density at radius 2 is 1.94 bits per heavy atom. The summed E-state index contributed by atoms with van der Waals surface area (Å²) in [4.78, 5) is 7.88. The van der Waals surface area contributed by atoms with Crippen molar-refractivity contribution in [1.82, 2.24) is 9.97 Å². The lowest BCUT2D eigenvalue weighted by Gasteiger charge is -2.03. The highest BCUT2D eigenvalue weighted by Crippen LogP contribution is 2.29. The van der Waals surface area contributed by atoms with E-state index >= 15 is 0 Å². The minimum absolute atomic E-state index is 0.417. The van der Waals surface area contributed by atoms with E-state index in [9.17, 15) is 0 Å². The van der Waals surface area contributed by atoms with E-state index in [1.165, 1.54) is 6.33 Å². The number of hydrogen-bond donors (Lipinski definition) is 1. The van der Waals surface area contributed by atoms with Gasteiger partial charge in [0.15, 0.2) is 5.22 Å². The summed E-state index contributed by atoms with van der Waals surface area (Å²) < 4.78 is 5.48. The van der Waals surface area contributed by atoms with Crippen molar-refractivity contribution in [3.8, 4) is 0 Å². The molecule has 0 saturated carbocycles. The van der Waals surface area contributed by atoms with Crippen molar-refractivity contribution in [2.24, 2.45) is 0 Å². The van der Waals surface area contributed by atoms with Crippen molar-refractivity contribution in [3.05, 3.63) is 53.8 Å². The smallest absolute Gasteiger partial charge is 0.199 e. The summed E-state index contributed by atoms with van der Waals surface area (Å²) in [5, 5.41) is 4.65. The van der Waals surface area contributed by atoms with E-state index in [0.29, 0.717) is 11.8 Å². The van der Waals surface area contributed by atoms with Gasteiger partial charge in [0.1, 0.15) is 11.9 Å². The molecular formula is C13H10ClN3O. The van der Waals surface area contributed by atoms with Crippen LogP contribution in [0.2, 0.25) is 5.22 Å². The largest absolute Gasteiger partial charge is 0.444 e. The third-order valence-corrected chi connectivity index (χ3v) is 2.98. The van der Waals surface area contributed by atoms with Gasteiger partial charge in [-0.1, -0.05) is 18.2 Å². The number of furan rings is 1. The molecule has 5 heteroatoms. The summed E-state index contributed by atoms with van der Waals surface area (Å²) in [6.07, 6.45) is 4.91. The van der Waals surface area contributed by atoms with Crippen LogP contribution in [0.3, 0.4) is 0 Å². The lowest BCUT2D eigenvalue weighted by atomic mass is 10.2. The number of rotatable bonds is 3. The molecule has 1 aromatic carbocycles. The van der Waals surface area contributed by atoms with Gasteiger partial charge in [0, 0.05) is 17.5 Å². The van der Waals surface area contributed by atoms with E-state index in [1.54, 1.807) is 12.4 Å². The van der Waals surface area contributed by atoms with E-state index in [0.717, 1.165) is 22.2 Å². The average molecular weight is 260 g/mol. The van der Waals surface area contributed by atoms with Crippen molar-refractivity contribution in [3.63, 3.8) is 0 Å². The lowest BCUT2D eigenvalue weighted by molar-refractivity contribution is 0.613. The van der Waals surface area contributed by atoms with Crippen LogP contribution in [0.5, 0.6) is 0 Å². The minimum atomic E-state index is 0.417. The number of nitrogens with one attached hydrogen (secondary N) is 1. The molecule has 3 aromatic rings. The predicted octanol–water partition coefficient (Wildman–Crippen LogP) is 3.49. The molecule has 0 unspecified atom stereocenters. The molecular weight excluding hydrogens is 250 g/mol. The molecule has 0 bridgehead atoms. The third-order valence-electron chi connectivity index (χ3n) is 2.68. The SMILES string of the molecule is Clc1oc2ccccc2c1CNc1cncnc1. The van der Waals surface area contributed by atoms with E-state index < -0.39 is 0 Å². The molecule has 2 aromatic heterocycles. The molecule has 3 rings (SSSR count). The molecule has 0 aliphatic heterocycles. The highest BCUT2D eigenvalue weighted by Gasteiger charge is 2.11. The molecule has 18 heavy (non-hydrogen) atoms. The number of para-hydroxylation sites is 1. The van der Waals surface area contributed by atoms with Crippen LogP contribution >= 0.6 is 11.6 Å². The zero-order valence-corrected chi connectivity index (χ0v) is 10.2. The molecule has 0 radical (unpaired) electrons. The molecule has 0 saturated heterocycles. The first-order chi connectivity index (χ1) is 8.84. The Hall–Kier alpha value is -2.07. The van der Waals surface area contributed by atoms with E-state index in [-0.39, 0.29) is 0 Å². The van der Waals surface area contributed by atoms with Crippen molar-refractivity contribution < 1.29 is 4.42 Å². The predicted molar refractivity (Wildman–Crippen MR) is 70.6 cm³/mol. The summed E-state index contributed by atoms with van der Waals surface area (Å²) in [5.41, 5.74) is 2.58. The molecule has 0 aliphatic rings. The quantitative estimate of drug-likeness (QED) is 0.782. The molecule has 0 atom stereocenters. The summed E-state index contributed by atoms with van der Waals surface area (Å²) in [5.74, 6) is 0. The molecule has 1 N–H and O–H groups in total. The first-order valence-electron chi connectivity index (χ1n) is 5.49. The maximum atomic E-state index is 6.10. The number of anilines is 1. The van der Waals surface area contributed by atoms with Crippen LogP contribution in [0.1, 0.15) is 5.56 Å². The second-order valence-electron chi connectivity index (χ2n) is 3.83. The Balaban J connectivity index is 1.89. The van der Waals surface area contributed by atoms with Gasteiger partial charge >= 0.3 is 0 Å². The van der Waals surface area contributed by atoms with Crippen LogP contribution < -0.4 is 5.32 Å². The van der Waals surface area contributed by atoms with Gasteiger partial charge in [-0.3, -0.25) is 0 Å². The number of nitrogens with zero attached hydrogens (tertiary/aromatic N) is 2. The molecule has 2 heterocycles. The first kappa shape index (κ1) is 11.0. The van der Waals surface area contributed by atoms with Crippen LogP contribution in [0.15, 0.2) is 47.4 Å². The maximum absolute atomic E-state index is 6.10. The topological polar surface area (TPSA) is 51.0 Å². The summed E-state index contributed by atoms with van der Waals surface area (Å²) >= 11 is 6.10. The second kappa shape index (κ2) is 4.66. The lowest BCUT2D eigenvalue weighted by Crippen LogP contribution is -1.99. The van der Waals surface area contributed by atoms with Gasteiger partial charge in [-0.15, -0.1) is 0 Å². The van der Waals surface area contributed by atoms with Crippen LogP contribution in [-0.4, -0.2) is 9.97 Å². The number of halogens is 1. The molecule has 0 fully saturated rings. The fourth-order valence-corrected chi connectivity index (χ4v) is 2.07. The van der Waals surface area contributed by atoms with Crippen LogP contribution in [0, 0.1) is 0 Å². The van der Waals surface area contributed by atoms with E-state index in [4.69, 9.17) is 16.0 Å². The minimum Gasteiger partial charge on any atom is -0.444 e. The van der Waals surface area contributed by atoms with Gasteiger partial charge in [0.05, 0.1) is 18.1 Å². The van der Waals surface area contributed by atoms with Gasteiger partial charge in [0.2, 0.25) is 0 Å². The van der Waals surface area contributed by atoms with Crippen molar-refractivity contribution in [2.75, 3.05) is 5.32 Å². The number of aromatic nitrogens is 2. The summed E-state index contributed by atoms with van der Waals surface area (Å²) in [6, 6.07) is 7.77. The monoisotopic (exact) mass is 259 g/mol. The number of fused-ring (bicyclic) bond motifs is 1. The molecule has 0 amide bonds. The Labute approximate surface area is 109 Å². The second-order valence-corrected chi connectivity index (χ2v) is 4.17. The summed E-state index contributed by atoms with van der Waals surface area (Å²) in [6.45, 7) is 0.573. The van der Waals surface area contributed by atoms with Crippen LogP contribution in [-0.2, 0) is 6.54 Å². The van der Waals surface area contributed by atoms with Crippen LogP contribution in [0.4, 0.5) is 5.69 Å². The third kappa shape index (κ3) is 2.02. The fourth-order valence-electron chi connectivity index (χ4n) is 1.81. The molecule has 90 valence electrons. The highest BCUT2D eigenvalue weighted by molar-refractivity contribution is 6.30. The van der Waals surface area contributed by atoms with E-state index in [1.807, 2.05) is 24.3 Å². The van der Waals surface area contributed by atoms with Gasteiger partial charge in [-0.2, -0.15) is 0 Å². The average Bonchev–Trinajstić information content (AvgIpc) is 2.73. The number of hydrogen-bond acceptors (Lipinski definition) is 4. The standard InChI is InChI=1S/C13H10ClN3O/c14-13-11(7-17-9-5-15-8-16-6-9)10-3-1-2-4-12(10)18-13/h1-6,8,17H,7H2. The molecule has 0 aliphatic carbocycles. The molecule has 0 spiro atoms. The van der Waals surface area contributed by atoms with E-state index in [2.05, 4.69) is 15.3 Å². The van der Waals surface area contributed by atoms with Crippen molar-refractivity contribution >= 4 is 28.3 Å². The highest BCUT2D eigenvalue weighted by atomic mass is 35.5. The van der Waals surface area contributed by atoms with Gasteiger partial charge in [-0.25, -0.2) is 9.97 Å². The Morgan fingerprint density at radius 3 is 2.78 bits per heavy atom. The van der Waals surface area contributed by atoms with Crippen molar-refractivity contribution in [1.29, 1.82) is 0 Å². The Kier molecular flexibility index (Phi) is 2.86. The normalized spacial score (nSPS) is 10.7. The van der Waals surface area contributed by atoms with Crippen molar-refractivity contribution in [2.45, 2.75) is 6.54 Å². The molecule has 4 nitrogen and oxygen atoms in total. The number of benzene rings is 1. The summed E-state index contributed by atoms with van der Waals surface area (Å²) in [7, 11) is 0. The van der Waals surface area contributed by atoms with Crippen LogP contribution in [0.25, 0.3) is 11.0 Å². The zero-order chi connectivity index (χ0) is 12.4.